The van der Waals surface area contributed by atoms with Crippen LogP contribution in [0.4, 0.5) is 0 Å². The summed E-state index contributed by atoms with van der Waals surface area (Å²) in [6.07, 6.45) is 5.73. The van der Waals surface area contributed by atoms with Crippen LogP contribution in [0.3, 0.4) is 0 Å². The molecule has 0 radical (unpaired) electrons. The zero-order valence-corrected chi connectivity index (χ0v) is 13.3. The van der Waals surface area contributed by atoms with Gasteiger partial charge in [0.15, 0.2) is 0 Å². The van der Waals surface area contributed by atoms with Crippen molar-refractivity contribution < 1.29 is 10.0 Å². The summed E-state index contributed by atoms with van der Waals surface area (Å²) in [5, 5.41) is 13.4. The predicted molar refractivity (Wildman–Crippen MR) is 98.3 cm³/mol. The largest absolute Gasteiger partial charge is 0.411 e. The Balaban J connectivity index is 0.000000146. The highest BCUT2D eigenvalue weighted by Gasteiger charge is 1.94. The van der Waals surface area contributed by atoms with Crippen LogP contribution in [-0.2, 0) is 0 Å². The van der Waals surface area contributed by atoms with Gasteiger partial charge in [0.05, 0.1) is 17.2 Å². The van der Waals surface area contributed by atoms with Crippen molar-refractivity contribution in [2.75, 3.05) is 0 Å². The summed E-state index contributed by atoms with van der Waals surface area (Å²) in [4.78, 5) is 18.7. The number of aromatic nitrogens is 2. The number of hydrogen-bond donors (Lipinski definition) is 1. The van der Waals surface area contributed by atoms with E-state index in [2.05, 4.69) is 15.1 Å². The fourth-order valence-electron chi connectivity index (χ4n) is 2.41. The molecular weight excluding hydrogens is 314 g/mol. The Morgan fingerprint density at radius 2 is 1.36 bits per heavy atom. The van der Waals surface area contributed by atoms with E-state index in [1.54, 1.807) is 18.5 Å². The molecule has 0 amide bonds. The lowest BCUT2D eigenvalue weighted by Gasteiger charge is -1.96. The Morgan fingerprint density at radius 3 is 1.92 bits per heavy atom. The minimum Gasteiger partial charge on any atom is -0.411 e. The molecule has 5 nitrogen and oxygen atoms in total. The van der Waals surface area contributed by atoms with E-state index in [4.69, 9.17) is 5.21 Å². The monoisotopic (exact) mass is 329 g/mol. The first-order valence-electron chi connectivity index (χ1n) is 7.62. The van der Waals surface area contributed by atoms with E-state index >= 15 is 0 Å². The number of fused-ring (bicyclic) bond motifs is 2. The summed E-state index contributed by atoms with van der Waals surface area (Å²) < 4.78 is 0. The van der Waals surface area contributed by atoms with Crippen molar-refractivity contribution in [3.8, 4) is 0 Å². The number of hydrogen-bond acceptors (Lipinski definition) is 5. The minimum absolute atomic E-state index is 0.690. The molecule has 4 rings (SSSR count). The van der Waals surface area contributed by atoms with Crippen molar-refractivity contribution in [1.29, 1.82) is 0 Å². The molecule has 0 spiro atoms. The maximum atomic E-state index is 10.4. The second kappa shape index (κ2) is 7.79. The first-order chi connectivity index (χ1) is 12.3. The minimum atomic E-state index is 0.690. The summed E-state index contributed by atoms with van der Waals surface area (Å²) >= 11 is 0. The van der Waals surface area contributed by atoms with Crippen molar-refractivity contribution in [2.45, 2.75) is 0 Å². The molecule has 0 atom stereocenters. The Labute approximate surface area is 144 Å². The number of carbonyl (C=O) groups excluding carboxylic acids is 1. The maximum absolute atomic E-state index is 10.4. The number of nitrogens with zero attached hydrogens (tertiary/aromatic N) is 3. The van der Waals surface area contributed by atoms with Gasteiger partial charge in [0.25, 0.3) is 0 Å². The Hall–Kier alpha value is -3.60. The lowest BCUT2D eigenvalue weighted by molar-refractivity contribution is 0.112. The van der Waals surface area contributed by atoms with Gasteiger partial charge >= 0.3 is 0 Å². The van der Waals surface area contributed by atoms with Crippen molar-refractivity contribution in [3.63, 3.8) is 0 Å². The highest BCUT2D eigenvalue weighted by Crippen LogP contribution is 2.12. The number of aldehydes is 1. The standard InChI is InChI=1S/C10H8N2O.C10H7NO/c13-12-7-8-3-4-10-9(6-8)2-1-5-11-10;12-7-8-3-4-10-9(6-8)2-1-5-11-10/h1-7,13H;1-7H/b12-7+;. The Kier molecular flexibility index (Phi) is 5.07. The molecular formula is C20H15N3O2. The van der Waals surface area contributed by atoms with Gasteiger partial charge in [-0.1, -0.05) is 23.4 Å². The number of carbonyl (C=O) groups is 1. The molecule has 0 saturated carbocycles. The lowest BCUT2D eigenvalue weighted by Crippen LogP contribution is -1.82. The van der Waals surface area contributed by atoms with Crippen LogP contribution in [0, 0.1) is 0 Å². The molecule has 2 heterocycles. The Morgan fingerprint density at radius 1 is 0.800 bits per heavy atom. The van der Waals surface area contributed by atoms with Crippen LogP contribution < -0.4 is 0 Å². The van der Waals surface area contributed by atoms with Crippen molar-refractivity contribution in [2.24, 2.45) is 5.16 Å². The Bertz CT molecular complexity index is 1040. The van der Waals surface area contributed by atoms with E-state index in [9.17, 15) is 4.79 Å². The third-order valence-corrected chi connectivity index (χ3v) is 3.60. The summed E-state index contributed by atoms with van der Waals surface area (Å²) in [5.74, 6) is 0. The van der Waals surface area contributed by atoms with Crippen molar-refractivity contribution in [1.82, 2.24) is 9.97 Å². The van der Waals surface area contributed by atoms with Crippen LogP contribution >= 0.6 is 0 Å². The van der Waals surface area contributed by atoms with Gasteiger partial charge in [-0.05, 0) is 48.0 Å². The van der Waals surface area contributed by atoms with Gasteiger partial charge in [0, 0.05) is 28.7 Å². The fraction of sp³-hybridized carbons (Fsp3) is 0. The molecule has 1 N–H and O–H groups in total. The molecule has 2 aromatic heterocycles. The first kappa shape index (κ1) is 16.3. The van der Waals surface area contributed by atoms with E-state index in [1.807, 2.05) is 54.6 Å². The lowest BCUT2D eigenvalue weighted by atomic mass is 10.1. The van der Waals surface area contributed by atoms with E-state index in [0.29, 0.717) is 5.56 Å². The van der Waals surface area contributed by atoms with Crippen LogP contribution in [0.15, 0.2) is 78.2 Å². The summed E-state index contributed by atoms with van der Waals surface area (Å²) in [7, 11) is 0. The predicted octanol–water partition coefficient (Wildman–Crippen LogP) is 4.09. The molecule has 0 aliphatic carbocycles. The van der Waals surface area contributed by atoms with Crippen LogP contribution in [-0.4, -0.2) is 27.7 Å². The van der Waals surface area contributed by atoms with Crippen LogP contribution in [0.5, 0.6) is 0 Å². The average Bonchev–Trinajstić information content (AvgIpc) is 2.68. The normalized spacial score (nSPS) is 10.6. The van der Waals surface area contributed by atoms with Gasteiger partial charge in [0.2, 0.25) is 0 Å². The van der Waals surface area contributed by atoms with E-state index in [-0.39, 0.29) is 0 Å². The molecule has 122 valence electrons. The van der Waals surface area contributed by atoms with E-state index in [1.165, 1.54) is 6.21 Å². The molecule has 0 saturated heterocycles. The average molecular weight is 329 g/mol. The summed E-state index contributed by atoms with van der Waals surface area (Å²) in [5.41, 5.74) is 3.42. The smallest absolute Gasteiger partial charge is 0.150 e. The molecule has 25 heavy (non-hydrogen) atoms. The number of oxime groups is 1. The van der Waals surface area contributed by atoms with Gasteiger partial charge in [-0.2, -0.15) is 0 Å². The third-order valence-electron chi connectivity index (χ3n) is 3.60. The summed E-state index contributed by atoms with van der Waals surface area (Å²) in [6.45, 7) is 0. The molecule has 4 aromatic rings. The molecule has 0 fully saturated rings. The summed E-state index contributed by atoms with van der Waals surface area (Å²) in [6, 6.07) is 18.8. The van der Waals surface area contributed by atoms with Gasteiger partial charge in [-0.25, -0.2) is 0 Å². The molecule has 0 unspecified atom stereocenters. The SMILES string of the molecule is O/N=C/c1ccc2ncccc2c1.O=Cc1ccc2ncccc2c1. The van der Waals surface area contributed by atoms with Crippen LogP contribution in [0.1, 0.15) is 15.9 Å². The van der Waals surface area contributed by atoms with E-state index < -0.39 is 0 Å². The quantitative estimate of drug-likeness (QED) is 0.260. The van der Waals surface area contributed by atoms with Gasteiger partial charge < -0.3 is 5.21 Å². The molecule has 0 aliphatic rings. The van der Waals surface area contributed by atoms with Crippen LogP contribution in [0.25, 0.3) is 21.8 Å². The first-order valence-corrected chi connectivity index (χ1v) is 7.62. The molecule has 2 aromatic carbocycles. The zero-order valence-electron chi connectivity index (χ0n) is 13.3. The van der Waals surface area contributed by atoms with Gasteiger partial charge in [-0.3, -0.25) is 14.8 Å². The van der Waals surface area contributed by atoms with Gasteiger partial charge in [-0.15, -0.1) is 0 Å². The maximum Gasteiger partial charge on any atom is 0.150 e. The number of pyridine rings is 2. The third kappa shape index (κ3) is 4.03. The number of benzene rings is 2. The van der Waals surface area contributed by atoms with Crippen LogP contribution in [0.2, 0.25) is 0 Å². The molecule has 0 bridgehead atoms. The highest BCUT2D eigenvalue weighted by atomic mass is 16.4. The highest BCUT2D eigenvalue weighted by molar-refractivity contribution is 5.88. The second-order valence-electron chi connectivity index (χ2n) is 5.27. The van der Waals surface area contributed by atoms with Crippen molar-refractivity contribution >= 4 is 34.3 Å². The molecule has 5 heteroatoms. The second-order valence-corrected chi connectivity index (χ2v) is 5.27. The number of rotatable bonds is 2. The van der Waals surface area contributed by atoms with E-state index in [0.717, 1.165) is 33.7 Å². The fourth-order valence-corrected chi connectivity index (χ4v) is 2.41. The van der Waals surface area contributed by atoms with Crippen molar-refractivity contribution in [3.05, 3.63) is 84.2 Å². The molecule has 0 aliphatic heterocycles. The van der Waals surface area contributed by atoms with Gasteiger partial charge in [0.1, 0.15) is 6.29 Å². The topological polar surface area (TPSA) is 75.4 Å². The zero-order chi connectivity index (χ0) is 17.5.